The molecule has 7 heteroatoms. The number of nitrogens with zero attached hydrogens (tertiary/aromatic N) is 1. The maximum absolute atomic E-state index is 12.3. The zero-order valence-electron chi connectivity index (χ0n) is 15.5. The van der Waals surface area contributed by atoms with E-state index in [-0.39, 0.29) is 17.2 Å². The van der Waals surface area contributed by atoms with E-state index < -0.39 is 12.8 Å². The SMILES string of the molecule is CC1CCCN(C(C)(C)CNC(=O)c2ccc(OCC(F)(F)F)cc2)C1. The number of amides is 1. The van der Waals surface area contributed by atoms with E-state index in [1.165, 1.54) is 30.7 Å². The van der Waals surface area contributed by atoms with Gasteiger partial charge in [0.15, 0.2) is 6.61 Å². The normalized spacial score (nSPS) is 19.2. The van der Waals surface area contributed by atoms with Crippen molar-refractivity contribution in [3.8, 4) is 5.75 Å². The molecule has 1 fully saturated rings. The van der Waals surface area contributed by atoms with Crippen molar-refractivity contribution in [3.63, 3.8) is 0 Å². The molecule has 1 aromatic rings. The molecule has 146 valence electrons. The number of benzene rings is 1. The van der Waals surface area contributed by atoms with Gasteiger partial charge < -0.3 is 10.1 Å². The third-order valence-corrected chi connectivity index (χ3v) is 4.71. The number of rotatable bonds is 6. The number of alkyl halides is 3. The summed E-state index contributed by atoms with van der Waals surface area (Å²) in [5, 5.41) is 2.93. The molecule has 1 aliphatic heterocycles. The van der Waals surface area contributed by atoms with Gasteiger partial charge in [-0.15, -0.1) is 0 Å². The molecule has 1 amide bonds. The van der Waals surface area contributed by atoms with E-state index in [1.807, 2.05) is 0 Å². The minimum absolute atomic E-state index is 0.0847. The molecule has 0 aromatic heterocycles. The van der Waals surface area contributed by atoms with Crippen molar-refractivity contribution in [3.05, 3.63) is 29.8 Å². The minimum Gasteiger partial charge on any atom is -0.484 e. The van der Waals surface area contributed by atoms with Gasteiger partial charge in [-0.25, -0.2) is 0 Å². The first-order valence-electron chi connectivity index (χ1n) is 8.90. The van der Waals surface area contributed by atoms with Crippen LogP contribution in [-0.4, -0.2) is 48.8 Å². The highest BCUT2D eigenvalue weighted by Crippen LogP contribution is 2.23. The molecule has 1 aromatic carbocycles. The van der Waals surface area contributed by atoms with Crippen LogP contribution in [0.4, 0.5) is 13.2 Å². The molecular formula is C19H27F3N2O2. The number of carbonyl (C=O) groups is 1. The quantitative estimate of drug-likeness (QED) is 0.824. The summed E-state index contributed by atoms with van der Waals surface area (Å²) in [6, 6.07) is 5.68. The van der Waals surface area contributed by atoms with Gasteiger partial charge in [0, 0.05) is 24.2 Å². The van der Waals surface area contributed by atoms with Crippen LogP contribution in [0.15, 0.2) is 24.3 Å². The van der Waals surface area contributed by atoms with Gasteiger partial charge in [0.25, 0.3) is 5.91 Å². The van der Waals surface area contributed by atoms with Crippen LogP contribution in [0.1, 0.15) is 44.0 Å². The Bertz CT molecular complexity index is 600. The van der Waals surface area contributed by atoms with E-state index in [4.69, 9.17) is 0 Å². The fourth-order valence-corrected chi connectivity index (χ4v) is 3.12. The monoisotopic (exact) mass is 372 g/mol. The Morgan fingerprint density at radius 3 is 2.50 bits per heavy atom. The Labute approximate surface area is 152 Å². The highest BCUT2D eigenvalue weighted by molar-refractivity contribution is 5.94. The number of halogens is 3. The Morgan fingerprint density at radius 1 is 1.27 bits per heavy atom. The Hall–Kier alpha value is -1.76. The summed E-state index contributed by atoms with van der Waals surface area (Å²) in [5.74, 6) is 0.495. The van der Waals surface area contributed by atoms with Crippen molar-refractivity contribution in [2.75, 3.05) is 26.2 Å². The fraction of sp³-hybridized carbons (Fsp3) is 0.632. The second kappa shape index (κ2) is 8.29. The molecule has 0 bridgehead atoms. The van der Waals surface area contributed by atoms with Crippen LogP contribution in [0, 0.1) is 5.92 Å². The van der Waals surface area contributed by atoms with Crippen molar-refractivity contribution < 1.29 is 22.7 Å². The molecule has 1 aliphatic rings. The van der Waals surface area contributed by atoms with Gasteiger partial charge in [0.1, 0.15) is 5.75 Å². The van der Waals surface area contributed by atoms with Crippen LogP contribution >= 0.6 is 0 Å². The summed E-state index contributed by atoms with van der Waals surface area (Å²) in [5.41, 5.74) is 0.243. The first kappa shape index (κ1) is 20.6. The predicted octanol–water partition coefficient (Wildman–Crippen LogP) is 3.87. The highest BCUT2D eigenvalue weighted by Gasteiger charge is 2.30. The lowest BCUT2D eigenvalue weighted by Gasteiger charge is -2.43. The topological polar surface area (TPSA) is 41.6 Å². The van der Waals surface area contributed by atoms with E-state index in [0.717, 1.165) is 19.5 Å². The summed E-state index contributed by atoms with van der Waals surface area (Å²) < 4.78 is 41.1. The van der Waals surface area contributed by atoms with Crippen molar-refractivity contribution in [2.45, 2.75) is 45.3 Å². The third-order valence-electron chi connectivity index (χ3n) is 4.71. The number of ether oxygens (including phenoxy) is 1. The average Bonchev–Trinajstić information content (AvgIpc) is 2.58. The lowest BCUT2D eigenvalue weighted by atomic mass is 9.93. The van der Waals surface area contributed by atoms with Crippen LogP contribution in [0.3, 0.4) is 0 Å². The van der Waals surface area contributed by atoms with Crippen LogP contribution in [0.5, 0.6) is 5.75 Å². The van der Waals surface area contributed by atoms with E-state index >= 15 is 0 Å². The Kier molecular flexibility index (Phi) is 6.55. The molecule has 0 radical (unpaired) electrons. The van der Waals surface area contributed by atoms with E-state index in [2.05, 4.69) is 35.7 Å². The predicted molar refractivity (Wildman–Crippen MR) is 94.4 cm³/mol. The number of hydrogen-bond acceptors (Lipinski definition) is 3. The summed E-state index contributed by atoms with van der Waals surface area (Å²) in [6.07, 6.45) is -1.98. The summed E-state index contributed by atoms with van der Waals surface area (Å²) in [6.45, 7) is 7.67. The molecule has 1 heterocycles. The van der Waals surface area contributed by atoms with Crippen molar-refractivity contribution >= 4 is 5.91 Å². The highest BCUT2D eigenvalue weighted by atomic mass is 19.4. The number of piperidine rings is 1. The lowest BCUT2D eigenvalue weighted by Crippen LogP contribution is -2.54. The first-order valence-corrected chi connectivity index (χ1v) is 8.90. The molecular weight excluding hydrogens is 345 g/mol. The molecule has 0 aliphatic carbocycles. The van der Waals surface area contributed by atoms with Gasteiger partial charge in [0.2, 0.25) is 0 Å². The third kappa shape index (κ3) is 6.20. The largest absolute Gasteiger partial charge is 0.484 e. The van der Waals surface area contributed by atoms with E-state index in [9.17, 15) is 18.0 Å². The minimum atomic E-state index is -4.38. The second-order valence-corrected chi connectivity index (χ2v) is 7.62. The summed E-state index contributed by atoms with van der Waals surface area (Å²) >= 11 is 0. The maximum atomic E-state index is 12.3. The molecule has 1 N–H and O–H groups in total. The molecule has 26 heavy (non-hydrogen) atoms. The molecule has 0 spiro atoms. The summed E-state index contributed by atoms with van der Waals surface area (Å²) in [4.78, 5) is 14.7. The van der Waals surface area contributed by atoms with Gasteiger partial charge in [-0.1, -0.05) is 6.92 Å². The number of likely N-dealkylation sites (tertiary alicyclic amines) is 1. The Morgan fingerprint density at radius 2 is 1.92 bits per heavy atom. The van der Waals surface area contributed by atoms with Gasteiger partial charge in [0.05, 0.1) is 0 Å². The van der Waals surface area contributed by atoms with E-state index in [0.29, 0.717) is 18.0 Å². The average molecular weight is 372 g/mol. The summed E-state index contributed by atoms with van der Waals surface area (Å²) in [7, 11) is 0. The molecule has 1 unspecified atom stereocenters. The van der Waals surface area contributed by atoms with Crippen LogP contribution in [0.2, 0.25) is 0 Å². The van der Waals surface area contributed by atoms with Gasteiger partial charge >= 0.3 is 6.18 Å². The van der Waals surface area contributed by atoms with Crippen LogP contribution < -0.4 is 10.1 Å². The van der Waals surface area contributed by atoms with Gasteiger partial charge in [-0.3, -0.25) is 9.69 Å². The number of carbonyl (C=O) groups excluding carboxylic acids is 1. The van der Waals surface area contributed by atoms with Gasteiger partial charge in [-0.2, -0.15) is 13.2 Å². The lowest BCUT2D eigenvalue weighted by molar-refractivity contribution is -0.153. The maximum Gasteiger partial charge on any atom is 0.422 e. The van der Waals surface area contributed by atoms with Crippen LogP contribution in [0.25, 0.3) is 0 Å². The first-order chi connectivity index (χ1) is 12.1. The van der Waals surface area contributed by atoms with Crippen molar-refractivity contribution in [1.82, 2.24) is 10.2 Å². The Balaban J connectivity index is 1.87. The second-order valence-electron chi connectivity index (χ2n) is 7.62. The number of hydrogen-bond donors (Lipinski definition) is 1. The molecule has 4 nitrogen and oxygen atoms in total. The van der Waals surface area contributed by atoms with Crippen molar-refractivity contribution in [1.29, 1.82) is 0 Å². The molecule has 1 atom stereocenters. The van der Waals surface area contributed by atoms with Crippen LogP contribution in [-0.2, 0) is 0 Å². The molecule has 0 saturated carbocycles. The number of nitrogens with one attached hydrogen (secondary N) is 1. The molecule has 1 saturated heterocycles. The zero-order chi connectivity index (χ0) is 19.4. The fourth-order valence-electron chi connectivity index (χ4n) is 3.12. The van der Waals surface area contributed by atoms with Crippen molar-refractivity contribution in [2.24, 2.45) is 5.92 Å². The van der Waals surface area contributed by atoms with Gasteiger partial charge in [-0.05, 0) is 63.4 Å². The molecule has 2 rings (SSSR count). The standard InChI is InChI=1S/C19H27F3N2O2/c1-14-5-4-10-24(11-14)18(2,3)12-23-17(25)15-6-8-16(9-7-15)26-13-19(20,21)22/h6-9,14H,4-5,10-13H2,1-3H3,(H,23,25). The zero-order valence-corrected chi connectivity index (χ0v) is 15.5. The van der Waals surface area contributed by atoms with E-state index in [1.54, 1.807) is 0 Å². The smallest absolute Gasteiger partial charge is 0.422 e.